The van der Waals surface area contributed by atoms with Gasteiger partial charge in [0.05, 0.1) is 18.8 Å². The lowest BCUT2D eigenvalue weighted by atomic mass is 9.97. The normalized spacial score (nSPS) is 40.5. The lowest BCUT2D eigenvalue weighted by Crippen LogP contribution is -2.64. The smallest absolute Gasteiger partial charge is 0.187 e. The molecule has 2 heterocycles. The maximum absolute atomic E-state index is 11.0. The van der Waals surface area contributed by atoms with Crippen molar-refractivity contribution in [2.75, 3.05) is 6.61 Å². The van der Waals surface area contributed by atoms with E-state index in [0.717, 1.165) is 25.7 Å². The van der Waals surface area contributed by atoms with Crippen LogP contribution in [-0.2, 0) is 23.7 Å². The van der Waals surface area contributed by atoms with Gasteiger partial charge in [0, 0.05) is 6.42 Å². The molecule has 2 aliphatic heterocycles. The Hall–Kier alpha value is -0.730. The minimum atomic E-state index is -1.67. The van der Waals surface area contributed by atoms with Gasteiger partial charge in [-0.3, -0.25) is 0 Å². The second kappa shape index (κ2) is 13.4. The van der Waals surface area contributed by atoms with Gasteiger partial charge in [-0.2, -0.15) is 0 Å². The molecule has 0 saturated carbocycles. The molecule has 2 aliphatic rings. The lowest BCUT2D eigenvalue weighted by Gasteiger charge is -2.46. The van der Waals surface area contributed by atoms with Crippen LogP contribution in [0.25, 0.3) is 0 Å². The van der Waals surface area contributed by atoms with E-state index in [9.17, 15) is 35.4 Å². The first-order chi connectivity index (χ1) is 15.6. The average Bonchev–Trinajstić information content (AvgIpc) is 2.77. The molecule has 2 saturated heterocycles. The Morgan fingerprint density at radius 3 is 2.18 bits per heavy atom. The summed E-state index contributed by atoms with van der Waals surface area (Å²) in [7, 11) is 0. The molecule has 0 aliphatic carbocycles. The van der Waals surface area contributed by atoms with Gasteiger partial charge in [-0.25, -0.2) is 0 Å². The van der Waals surface area contributed by atoms with E-state index in [1.165, 1.54) is 0 Å². The van der Waals surface area contributed by atoms with Crippen LogP contribution in [0.2, 0.25) is 0 Å². The van der Waals surface area contributed by atoms with E-state index in [1.807, 2.05) is 6.92 Å². The molecule has 11 atom stereocenters. The molecule has 33 heavy (non-hydrogen) atoms. The van der Waals surface area contributed by atoms with E-state index in [0.29, 0.717) is 12.8 Å². The minimum absolute atomic E-state index is 0.182. The highest BCUT2D eigenvalue weighted by atomic mass is 16.8. The highest BCUT2D eigenvalue weighted by molar-refractivity contribution is 5.75. The summed E-state index contributed by atoms with van der Waals surface area (Å²) in [5.41, 5.74) is 0. The van der Waals surface area contributed by atoms with E-state index in [-0.39, 0.29) is 11.9 Å². The zero-order valence-corrected chi connectivity index (χ0v) is 19.5. The number of ether oxygens (including phenoxy) is 4. The number of hydrogen-bond acceptors (Lipinski definition) is 11. The summed E-state index contributed by atoms with van der Waals surface area (Å²) >= 11 is 0. The van der Waals surface area contributed by atoms with E-state index in [4.69, 9.17) is 18.9 Å². The number of aliphatic hydroxyl groups excluding tert-OH is 6. The van der Waals surface area contributed by atoms with Crippen molar-refractivity contribution in [3.8, 4) is 0 Å². The second-order valence-corrected chi connectivity index (χ2v) is 9.09. The molecule has 11 nitrogen and oxygen atoms in total. The molecule has 6 N–H and O–H groups in total. The summed E-state index contributed by atoms with van der Waals surface area (Å²) in [6.45, 7) is 4.37. The maximum atomic E-state index is 11.0. The summed E-state index contributed by atoms with van der Waals surface area (Å²) < 4.78 is 22.7. The molecule has 194 valence electrons. The van der Waals surface area contributed by atoms with Crippen LogP contribution < -0.4 is 0 Å². The zero-order valence-electron chi connectivity index (χ0n) is 19.5. The SMILES string of the molecule is CC(=O)CCCCCCC(C)OC1OC(C)C(O)C(O)C1OC1OC(CO)C(O)C(O)C1O. The molecule has 0 amide bonds. The highest BCUT2D eigenvalue weighted by Gasteiger charge is 2.50. The summed E-state index contributed by atoms with van der Waals surface area (Å²) in [6.07, 6.45) is -8.81. The van der Waals surface area contributed by atoms with Crippen LogP contribution in [0.4, 0.5) is 0 Å². The van der Waals surface area contributed by atoms with Crippen molar-refractivity contribution in [2.45, 2.75) is 127 Å². The molecule has 2 fully saturated rings. The third-order valence-electron chi connectivity index (χ3n) is 6.18. The maximum Gasteiger partial charge on any atom is 0.187 e. The van der Waals surface area contributed by atoms with Crippen molar-refractivity contribution in [3.63, 3.8) is 0 Å². The third kappa shape index (κ3) is 7.89. The van der Waals surface area contributed by atoms with Crippen LogP contribution in [0.1, 0.15) is 59.3 Å². The van der Waals surface area contributed by atoms with Crippen LogP contribution in [0, 0.1) is 0 Å². The van der Waals surface area contributed by atoms with Crippen molar-refractivity contribution < 1.29 is 54.4 Å². The molecule has 0 spiro atoms. The molecule has 2 rings (SSSR count). The van der Waals surface area contributed by atoms with Gasteiger partial charge in [-0.05, 0) is 33.6 Å². The fourth-order valence-electron chi connectivity index (χ4n) is 4.05. The first kappa shape index (κ1) is 28.5. The number of carbonyl (C=O) groups excluding carboxylic acids is 1. The molecule has 0 aromatic heterocycles. The third-order valence-corrected chi connectivity index (χ3v) is 6.18. The standard InChI is InChI=1S/C22H40O11/c1-11(24)8-6-4-5-7-9-12(2)30-22-20(18(28)15(25)13(3)31-22)33-21-19(29)17(27)16(26)14(10-23)32-21/h12-23,25-29H,4-10H2,1-3H3. The summed E-state index contributed by atoms with van der Waals surface area (Å²) in [5.74, 6) is 0.182. The summed E-state index contributed by atoms with van der Waals surface area (Å²) in [4.78, 5) is 11.0. The average molecular weight is 481 g/mol. The number of carbonyl (C=O) groups is 1. The van der Waals surface area contributed by atoms with Crippen molar-refractivity contribution in [1.82, 2.24) is 0 Å². The van der Waals surface area contributed by atoms with Gasteiger partial charge in [0.25, 0.3) is 0 Å². The van der Waals surface area contributed by atoms with E-state index < -0.39 is 68.0 Å². The fraction of sp³-hybridized carbons (Fsp3) is 0.955. The molecule has 0 bridgehead atoms. The van der Waals surface area contributed by atoms with Crippen LogP contribution in [-0.4, -0.2) is 111 Å². The van der Waals surface area contributed by atoms with Crippen LogP contribution >= 0.6 is 0 Å². The number of Topliss-reactive ketones (excluding diaryl/α,β-unsaturated/α-hetero) is 1. The number of ketones is 1. The molecular weight excluding hydrogens is 440 g/mol. The monoisotopic (exact) mass is 480 g/mol. The van der Waals surface area contributed by atoms with Gasteiger partial charge < -0.3 is 54.4 Å². The summed E-state index contributed by atoms with van der Waals surface area (Å²) in [6, 6.07) is 0. The quantitative estimate of drug-likeness (QED) is 0.188. The van der Waals surface area contributed by atoms with Gasteiger partial charge in [0.15, 0.2) is 12.6 Å². The Labute approximate surface area is 194 Å². The van der Waals surface area contributed by atoms with Gasteiger partial charge in [0.1, 0.15) is 48.5 Å². The van der Waals surface area contributed by atoms with Crippen molar-refractivity contribution in [3.05, 3.63) is 0 Å². The van der Waals surface area contributed by atoms with E-state index >= 15 is 0 Å². The van der Waals surface area contributed by atoms with Crippen LogP contribution in [0.3, 0.4) is 0 Å². The number of rotatable bonds is 12. The van der Waals surface area contributed by atoms with Gasteiger partial charge in [-0.15, -0.1) is 0 Å². The number of aliphatic hydroxyl groups is 6. The Morgan fingerprint density at radius 1 is 0.879 bits per heavy atom. The molecule has 0 aromatic rings. The predicted molar refractivity (Wildman–Crippen MR) is 114 cm³/mol. The fourth-order valence-corrected chi connectivity index (χ4v) is 4.05. The Bertz CT molecular complexity index is 589. The van der Waals surface area contributed by atoms with Gasteiger partial charge in [-0.1, -0.05) is 19.3 Å². The number of unbranched alkanes of at least 4 members (excludes halogenated alkanes) is 3. The van der Waals surface area contributed by atoms with Gasteiger partial charge >= 0.3 is 0 Å². The highest BCUT2D eigenvalue weighted by Crippen LogP contribution is 2.30. The molecule has 11 unspecified atom stereocenters. The zero-order chi connectivity index (χ0) is 24.7. The topological polar surface area (TPSA) is 175 Å². The lowest BCUT2D eigenvalue weighted by molar-refractivity contribution is -0.368. The first-order valence-corrected chi connectivity index (χ1v) is 11.7. The second-order valence-electron chi connectivity index (χ2n) is 9.09. The Balaban J connectivity index is 1.96. The molecule has 11 heteroatoms. The minimum Gasteiger partial charge on any atom is -0.394 e. The molecular formula is C22H40O11. The van der Waals surface area contributed by atoms with Crippen LogP contribution in [0.5, 0.6) is 0 Å². The van der Waals surface area contributed by atoms with Crippen LogP contribution in [0.15, 0.2) is 0 Å². The van der Waals surface area contributed by atoms with E-state index in [2.05, 4.69) is 0 Å². The first-order valence-electron chi connectivity index (χ1n) is 11.7. The predicted octanol–water partition coefficient (Wildman–Crippen LogP) is -1.03. The van der Waals surface area contributed by atoms with E-state index in [1.54, 1.807) is 13.8 Å². The Morgan fingerprint density at radius 2 is 1.55 bits per heavy atom. The largest absolute Gasteiger partial charge is 0.394 e. The summed E-state index contributed by atoms with van der Waals surface area (Å²) in [5, 5.41) is 60.4. The van der Waals surface area contributed by atoms with Crippen molar-refractivity contribution in [1.29, 1.82) is 0 Å². The van der Waals surface area contributed by atoms with Gasteiger partial charge in [0.2, 0.25) is 0 Å². The molecule has 0 aromatic carbocycles. The number of hydrogen-bond donors (Lipinski definition) is 6. The molecule has 0 radical (unpaired) electrons. The van der Waals surface area contributed by atoms with Crippen molar-refractivity contribution >= 4 is 5.78 Å². The Kier molecular flexibility index (Phi) is 11.6. The van der Waals surface area contributed by atoms with Crippen molar-refractivity contribution in [2.24, 2.45) is 0 Å².